The van der Waals surface area contributed by atoms with Crippen molar-refractivity contribution in [1.82, 2.24) is 19.4 Å². The molecule has 3 heterocycles. The molecule has 0 bridgehead atoms. The molecule has 3 aromatic rings. The smallest absolute Gasteiger partial charge is 0.255 e. The second-order valence-electron chi connectivity index (χ2n) is 8.34. The lowest BCUT2D eigenvalue weighted by molar-refractivity contribution is 0.0467. The van der Waals surface area contributed by atoms with Crippen molar-refractivity contribution in [2.75, 3.05) is 13.1 Å². The molecule has 1 unspecified atom stereocenters. The third kappa shape index (κ3) is 3.77. The Labute approximate surface area is 170 Å². The van der Waals surface area contributed by atoms with Gasteiger partial charge in [-0.25, -0.2) is 9.97 Å². The number of aliphatic hydroxyl groups is 1. The third-order valence-corrected chi connectivity index (χ3v) is 6.26. The molecule has 1 N–H and O–H groups in total. The number of fused-ring (bicyclic) bond motifs is 1. The monoisotopic (exact) mass is 390 g/mol. The summed E-state index contributed by atoms with van der Waals surface area (Å²) in [6.07, 6.45) is 7.84. The summed E-state index contributed by atoms with van der Waals surface area (Å²) in [7, 11) is 0. The quantitative estimate of drug-likeness (QED) is 0.726. The molecule has 150 valence electrons. The second-order valence-corrected chi connectivity index (χ2v) is 8.34. The molecule has 0 spiro atoms. The van der Waals surface area contributed by atoms with E-state index < -0.39 is 0 Å². The first-order chi connectivity index (χ1) is 14.2. The minimum absolute atomic E-state index is 0.0105. The molecule has 1 aliphatic carbocycles. The van der Waals surface area contributed by atoms with E-state index in [1.165, 1.54) is 12.8 Å². The highest BCUT2D eigenvalue weighted by Gasteiger charge is 2.29. The van der Waals surface area contributed by atoms with Crippen molar-refractivity contribution >= 4 is 17.1 Å². The molecule has 1 aromatic carbocycles. The zero-order chi connectivity index (χ0) is 19.8. The fourth-order valence-electron chi connectivity index (χ4n) is 4.35. The number of hydrogen-bond donors (Lipinski definition) is 1. The SMILES string of the molecule is O=C(c1cnc2c(c1)ncn2C1CC1)N1CCC(C(O)Cc2ccccc2)CC1. The summed E-state index contributed by atoms with van der Waals surface area (Å²) in [6, 6.07) is 12.5. The molecule has 1 amide bonds. The number of nitrogens with zero attached hydrogens (tertiary/aromatic N) is 4. The zero-order valence-corrected chi connectivity index (χ0v) is 16.4. The molecule has 6 heteroatoms. The lowest BCUT2D eigenvalue weighted by Gasteiger charge is -2.34. The Kier molecular flexibility index (Phi) is 4.79. The molecule has 29 heavy (non-hydrogen) atoms. The molecule has 6 nitrogen and oxygen atoms in total. The number of hydrogen-bond acceptors (Lipinski definition) is 4. The lowest BCUT2D eigenvalue weighted by Crippen LogP contribution is -2.41. The van der Waals surface area contributed by atoms with Gasteiger partial charge in [-0.05, 0) is 49.7 Å². The normalized spacial score (nSPS) is 18.9. The van der Waals surface area contributed by atoms with Crippen LogP contribution in [0.15, 0.2) is 48.9 Å². The summed E-state index contributed by atoms with van der Waals surface area (Å²) in [5, 5.41) is 10.6. The van der Waals surface area contributed by atoms with Gasteiger partial charge in [-0.15, -0.1) is 0 Å². The van der Waals surface area contributed by atoms with E-state index in [0.29, 0.717) is 31.1 Å². The number of benzene rings is 1. The van der Waals surface area contributed by atoms with Crippen LogP contribution < -0.4 is 0 Å². The Bertz CT molecular complexity index is 1000. The van der Waals surface area contributed by atoms with Gasteiger partial charge in [0.2, 0.25) is 0 Å². The van der Waals surface area contributed by atoms with Gasteiger partial charge in [-0.3, -0.25) is 4.79 Å². The lowest BCUT2D eigenvalue weighted by atomic mass is 9.88. The summed E-state index contributed by atoms with van der Waals surface area (Å²) in [5.41, 5.74) is 3.41. The zero-order valence-electron chi connectivity index (χ0n) is 16.4. The average molecular weight is 390 g/mol. The van der Waals surface area contributed by atoms with Crippen LogP contribution in [0.3, 0.4) is 0 Å². The number of pyridine rings is 1. The van der Waals surface area contributed by atoms with E-state index in [0.717, 1.165) is 29.6 Å². The predicted octanol–water partition coefficient (Wildman–Crippen LogP) is 3.22. The molecule has 1 saturated heterocycles. The maximum absolute atomic E-state index is 13.0. The molecule has 1 aliphatic heterocycles. The van der Waals surface area contributed by atoms with Gasteiger partial charge in [0, 0.05) is 25.3 Å². The van der Waals surface area contributed by atoms with E-state index in [1.54, 1.807) is 6.20 Å². The largest absolute Gasteiger partial charge is 0.392 e. The Balaban J connectivity index is 1.21. The summed E-state index contributed by atoms with van der Waals surface area (Å²) in [6.45, 7) is 1.34. The highest BCUT2D eigenvalue weighted by atomic mass is 16.3. The van der Waals surface area contributed by atoms with Crippen LogP contribution in [-0.2, 0) is 6.42 Å². The number of piperidine rings is 1. The third-order valence-electron chi connectivity index (χ3n) is 6.26. The first-order valence-corrected chi connectivity index (χ1v) is 10.5. The van der Waals surface area contributed by atoms with Crippen molar-refractivity contribution in [3.63, 3.8) is 0 Å². The van der Waals surface area contributed by atoms with Crippen LogP contribution in [-0.4, -0.2) is 49.6 Å². The summed E-state index contributed by atoms with van der Waals surface area (Å²) in [5.74, 6) is 0.241. The van der Waals surface area contributed by atoms with Crippen LogP contribution in [0, 0.1) is 5.92 Å². The molecule has 2 fully saturated rings. The van der Waals surface area contributed by atoms with E-state index in [-0.39, 0.29) is 17.9 Å². The van der Waals surface area contributed by atoms with Gasteiger partial charge in [0.25, 0.3) is 5.91 Å². The maximum atomic E-state index is 13.0. The number of aromatic nitrogens is 3. The fourth-order valence-corrected chi connectivity index (χ4v) is 4.35. The van der Waals surface area contributed by atoms with Crippen LogP contribution >= 0.6 is 0 Å². The number of carbonyl (C=O) groups is 1. The molecule has 5 rings (SSSR count). The van der Waals surface area contributed by atoms with E-state index >= 15 is 0 Å². The molecular weight excluding hydrogens is 364 g/mol. The highest BCUT2D eigenvalue weighted by molar-refractivity contribution is 5.96. The van der Waals surface area contributed by atoms with E-state index in [2.05, 4.69) is 26.7 Å². The minimum atomic E-state index is -0.362. The summed E-state index contributed by atoms with van der Waals surface area (Å²) < 4.78 is 2.11. The van der Waals surface area contributed by atoms with Gasteiger partial charge >= 0.3 is 0 Å². The van der Waals surface area contributed by atoms with Crippen molar-refractivity contribution in [3.8, 4) is 0 Å². The standard InChI is InChI=1S/C23H26N4O2/c28-21(12-16-4-2-1-3-5-16)17-8-10-26(11-9-17)23(29)18-13-20-22(24-14-18)27(15-25-20)19-6-7-19/h1-5,13-15,17,19,21,28H,6-12H2. The van der Waals surface area contributed by atoms with E-state index in [4.69, 9.17) is 0 Å². The van der Waals surface area contributed by atoms with Crippen LogP contribution in [0.1, 0.15) is 47.6 Å². The number of imidazole rings is 1. The first-order valence-electron chi connectivity index (χ1n) is 10.5. The van der Waals surface area contributed by atoms with Crippen LogP contribution in [0.2, 0.25) is 0 Å². The topological polar surface area (TPSA) is 71.2 Å². The van der Waals surface area contributed by atoms with Crippen molar-refractivity contribution in [2.24, 2.45) is 5.92 Å². The number of aliphatic hydroxyl groups excluding tert-OH is 1. The number of amides is 1. The van der Waals surface area contributed by atoms with Gasteiger partial charge in [-0.1, -0.05) is 30.3 Å². The molecular formula is C23H26N4O2. The van der Waals surface area contributed by atoms with Crippen LogP contribution in [0.4, 0.5) is 0 Å². The molecule has 2 aliphatic rings. The van der Waals surface area contributed by atoms with Crippen LogP contribution in [0.5, 0.6) is 0 Å². The van der Waals surface area contributed by atoms with Gasteiger partial charge < -0.3 is 14.6 Å². The second kappa shape index (κ2) is 7.59. The molecule has 2 aromatic heterocycles. The first kappa shape index (κ1) is 18.3. The molecule has 1 atom stereocenters. The minimum Gasteiger partial charge on any atom is -0.392 e. The van der Waals surface area contributed by atoms with Crippen LogP contribution in [0.25, 0.3) is 11.2 Å². The van der Waals surface area contributed by atoms with Gasteiger partial charge in [-0.2, -0.15) is 0 Å². The number of rotatable bonds is 5. The summed E-state index contributed by atoms with van der Waals surface area (Å²) >= 11 is 0. The van der Waals surface area contributed by atoms with E-state index in [9.17, 15) is 9.90 Å². The van der Waals surface area contributed by atoms with E-state index in [1.807, 2.05) is 35.5 Å². The number of carbonyl (C=O) groups excluding carboxylic acids is 1. The Morgan fingerprint density at radius 1 is 1.10 bits per heavy atom. The van der Waals surface area contributed by atoms with Crippen molar-refractivity contribution < 1.29 is 9.90 Å². The average Bonchev–Trinajstić information content (AvgIpc) is 3.52. The molecule has 0 radical (unpaired) electrons. The van der Waals surface area contributed by atoms with Gasteiger partial charge in [0.1, 0.15) is 5.52 Å². The van der Waals surface area contributed by atoms with Gasteiger partial charge in [0.05, 0.1) is 18.0 Å². The maximum Gasteiger partial charge on any atom is 0.255 e. The fraction of sp³-hybridized carbons (Fsp3) is 0.435. The Morgan fingerprint density at radius 2 is 1.86 bits per heavy atom. The Hall–Kier alpha value is -2.73. The predicted molar refractivity (Wildman–Crippen MR) is 111 cm³/mol. The highest BCUT2D eigenvalue weighted by Crippen LogP contribution is 2.36. The van der Waals surface area contributed by atoms with Crippen molar-refractivity contribution in [1.29, 1.82) is 0 Å². The number of likely N-dealkylation sites (tertiary alicyclic amines) is 1. The van der Waals surface area contributed by atoms with Crippen molar-refractivity contribution in [3.05, 3.63) is 60.0 Å². The molecule has 1 saturated carbocycles. The Morgan fingerprint density at radius 3 is 2.59 bits per heavy atom. The van der Waals surface area contributed by atoms with Crippen molar-refractivity contribution in [2.45, 2.75) is 44.2 Å². The summed E-state index contributed by atoms with van der Waals surface area (Å²) in [4.78, 5) is 23.8. The van der Waals surface area contributed by atoms with Gasteiger partial charge in [0.15, 0.2) is 5.65 Å².